The normalized spacial score (nSPS) is 13.2. The molecule has 1 unspecified atom stereocenters. The van der Waals surface area contributed by atoms with Crippen molar-refractivity contribution in [2.45, 2.75) is 24.9 Å². The monoisotopic (exact) mass is 227 g/mol. The first kappa shape index (κ1) is 13.9. The van der Waals surface area contributed by atoms with Gasteiger partial charge >= 0.3 is 5.97 Å². The van der Waals surface area contributed by atoms with Crippen molar-refractivity contribution in [2.75, 3.05) is 0 Å². The molecule has 0 aliphatic carbocycles. The lowest BCUT2D eigenvalue weighted by atomic mass is 10.1. The molecule has 16 heavy (non-hydrogen) atoms. The van der Waals surface area contributed by atoms with Crippen molar-refractivity contribution in [1.29, 1.82) is 0 Å². The molecule has 0 bridgehead atoms. The van der Waals surface area contributed by atoms with E-state index in [1.165, 1.54) is 0 Å². The standard InChI is InChI=1S/C9H13N3O4/c1-2-3-5(10)8(14)12-6(9(15)16)4-7(11)13/h1,5-6H,3-4,10H2,(H2,11,13)(H,12,14)(H,15,16)/t5?,6-/m0/s1. The van der Waals surface area contributed by atoms with Gasteiger partial charge in [-0.3, -0.25) is 9.59 Å². The fourth-order valence-electron chi connectivity index (χ4n) is 0.900. The van der Waals surface area contributed by atoms with E-state index in [-0.39, 0.29) is 6.42 Å². The number of hydrogen-bond donors (Lipinski definition) is 4. The molecular formula is C9H13N3O4. The lowest BCUT2D eigenvalue weighted by Gasteiger charge is -2.15. The second-order valence-electron chi connectivity index (χ2n) is 3.08. The number of carbonyl (C=O) groups excluding carboxylic acids is 2. The fraction of sp³-hybridized carbons (Fsp3) is 0.444. The van der Waals surface area contributed by atoms with Crippen LogP contribution in [0.3, 0.4) is 0 Å². The third-order valence-electron chi connectivity index (χ3n) is 1.69. The van der Waals surface area contributed by atoms with E-state index in [1.807, 2.05) is 0 Å². The quantitative estimate of drug-likeness (QED) is 0.381. The van der Waals surface area contributed by atoms with Crippen LogP contribution in [0.2, 0.25) is 0 Å². The van der Waals surface area contributed by atoms with E-state index in [2.05, 4.69) is 11.2 Å². The molecule has 0 rings (SSSR count). The summed E-state index contributed by atoms with van der Waals surface area (Å²) in [6.07, 6.45) is 4.42. The molecule has 2 atom stereocenters. The second kappa shape index (κ2) is 6.42. The highest BCUT2D eigenvalue weighted by atomic mass is 16.4. The van der Waals surface area contributed by atoms with Crippen molar-refractivity contribution in [3.8, 4) is 12.3 Å². The summed E-state index contributed by atoms with van der Waals surface area (Å²) < 4.78 is 0. The zero-order valence-electron chi connectivity index (χ0n) is 8.47. The summed E-state index contributed by atoms with van der Waals surface area (Å²) >= 11 is 0. The number of carboxylic acid groups (broad SMARTS) is 1. The summed E-state index contributed by atoms with van der Waals surface area (Å²) in [4.78, 5) is 32.5. The van der Waals surface area contributed by atoms with Crippen molar-refractivity contribution in [3.63, 3.8) is 0 Å². The molecule has 0 aromatic heterocycles. The number of terminal acetylenes is 1. The van der Waals surface area contributed by atoms with E-state index in [4.69, 9.17) is 23.0 Å². The molecule has 6 N–H and O–H groups in total. The van der Waals surface area contributed by atoms with Crippen LogP contribution in [0, 0.1) is 12.3 Å². The van der Waals surface area contributed by atoms with Crippen LogP contribution in [-0.2, 0) is 14.4 Å². The smallest absolute Gasteiger partial charge is 0.326 e. The molecule has 0 saturated carbocycles. The Morgan fingerprint density at radius 1 is 1.44 bits per heavy atom. The van der Waals surface area contributed by atoms with Gasteiger partial charge < -0.3 is 21.9 Å². The number of rotatable bonds is 6. The summed E-state index contributed by atoms with van der Waals surface area (Å²) in [6, 6.07) is -2.38. The van der Waals surface area contributed by atoms with E-state index in [0.29, 0.717) is 0 Å². The van der Waals surface area contributed by atoms with Gasteiger partial charge in [-0.2, -0.15) is 0 Å². The summed E-state index contributed by atoms with van der Waals surface area (Å²) in [5.74, 6) is -0.759. The number of nitrogens with one attached hydrogen (secondary N) is 1. The van der Waals surface area contributed by atoms with E-state index >= 15 is 0 Å². The van der Waals surface area contributed by atoms with Crippen LogP contribution >= 0.6 is 0 Å². The Morgan fingerprint density at radius 2 is 2.00 bits per heavy atom. The molecule has 0 aromatic carbocycles. The molecule has 0 radical (unpaired) electrons. The van der Waals surface area contributed by atoms with E-state index < -0.39 is 36.3 Å². The van der Waals surface area contributed by atoms with Crippen LogP contribution in [0.1, 0.15) is 12.8 Å². The van der Waals surface area contributed by atoms with Gasteiger partial charge in [-0.25, -0.2) is 4.79 Å². The average molecular weight is 227 g/mol. The van der Waals surface area contributed by atoms with Crippen LogP contribution < -0.4 is 16.8 Å². The Morgan fingerprint density at radius 3 is 2.38 bits per heavy atom. The lowest BCUT2D eigenvalue weighted by molar-refractivity contribution is -0.143. The van der Waals surface area contributed by atoms with Crippen molar-refractivity contribution >= 4 is 17.8 Å². The van der Waals surface area contributed by atoms with Crippen LogP contribution in [0.15, 0.2) is 0 Å². The van der Waals surface area contributed by atoms with E-state index in [0.717, 1.165) is 0 Å². The number of carbonyl (C=O) groups is 3. The van der Waals surface area contributed by atoms with E-state index in [9.17, 15) is 14.4 Å². The van der Waals surface area contributed by atoms with Gasteiger partial charge in [0, 0.05) is 6.42 Å². The molecule has 0 heterocycles. The highest BCUT2D eigenvalue weighted by Crippen LogP contribution is 1.94. The molecule has 0 aliphatic heterocycles. The Labute approximate surface area is 92.2 Å². The van der Waals surface area contributed by atoms with Gasteiger partial charge in [0.05, 0.1) is 12.5 Å². The highest BCUT2D eigenvalue weighted by Gasteiger charge is 2.24. The van der Waals surface area contributed by atoms with Gasteiger partial charge in [-0.05, 0) is 0 Å². The summed E-state index contributed by atoms with van der Waals surface area (Å²) in [6.45, 7) is 0. The number of nitrogens with two attached hydrogens (primary N) is 2. The van der Waals surface area contributed by atoms with Crippen LogP contribution in [0.5, 0.6) is 0 Å². The molecular weight excluding hydrogens is 214 g/mol. The van der Waals surface area contributed by atoms with Gasteiger partial charge in [0.15, 0.2) is 0 Å². The zero-order valence-corrected chi connectivity index (χ0v) is 8.47. The maximum atomic E-state index is 11.3. The van der Waals surface area contributed by atoms with Crippen LogP contribution in [0.25, 0.3) is 0 Å². The molecule has 0 spiro atoms. The number of carboxylic acids is 1. The van der Waals surface area contributed by atoms with Gasteiger partial charge in [-0.1, -0.05) is 0 Å². The van der Waals surface area contributed by atoms with Crippen molar-refractivity contribution in [2.24, 2.45) is 11.5 Å². The lowest BCUT2D eigenvalue weighted by Crippen LogP contribution is -2.49. The zero-order chi connectivity index (χ0) is 12.7. The SMILES string of the molecule is C#CCC(N)C(=O)N[C@@H](CC(N)=O)C(=O)O. The predicted octanol–water partition coefficient (Wildman–Crippen LogP) is -2.22. The van der Waals surface area contributed by atoms with Crippen molar-refractivity contribution in [1.82, 2.24) is 5.32 Å². The molecule has 0 saturated heterocycles. The third kappa shape index (κ3) is 4.97. The van der Waals surface area contributed by atoms with Gasteiger partial charge in [-0.15, -0.1) is 12.3 Å². The molecule has 2 amide bonds. The molecule has 88 valence electrons. The minimum absolute atomic E-state index is 0.0191. The summed E-state index contributed by atoms with van der Waals surface area (Å²) in [5, 5.41) is 10.8. The first-order chi connectivity index (χ1) is 7.38. The molecule has 0 aromatic rings. The predicted molar refractivity (Wildman–Crippen MR) is 54.8 cm³/mol. The Hall–Kier alpha value is -2.07. The van der Waals surface area contributed by atoms with E-state index in [1.54, 1.807) is 0 Å². The second-order valence-corrected chi connectivity index (χ2v) is 3.08. The Bertz CT molecular complexity index is 334. The molecule has 7 nitrogen and oxygen atoms in total. The maximum absolute atomic E-state index is 11.3. The number of amides is 2. The topological polar surface area (TPSA) is 136 Å². The molecule has 7 heteroatoms. The summed E-state index contributed by atoms with van der Waals surface area (Å²) in [5.41, 5.74) is 10.2. The van der Waals surface area contributed by atoms with Crippen molar-refractivity contribution < 1.29 is 19.5 Å². The van der Waals surface area contributed by atoms with Gasteiger partial charge in [0.25, 0.3) is 0 Å². The van der Waals surface area contributed by atoms with Crippen molar-refractivity contribution in [3.05, 3.63) is 0 Å². The Kier molecular flexibility index (Phi) is 5.59. The highest BCUT2D eigenvalue weighted by molar-refractivity contribution is 5.90. The van der Waals surface area contributed by atoms with Crippen LogP contribution in [-0.4, -0.2) is 35.0 Å². The summed E-state index contributed by atoms with van der Waals surface area (Å²) in [7, 11) is 0. The minimum Gasteiger partial charge on any atom is -0.480 e. The van der Waals surface area contributed by atoms with Gasteiger partial charge in [0.2, 0.25) is 11.8 Å². The molecule has 0 fully saturated rings. The minimum atomic E-state index is -1.38. The number of aliphatic carboxylic acids is 1. The number of primary amides is 1. The van der Waals surface area contributed by atoms with Gasteiger partial charge in [0.1, 0.15) is 6.04 Å². The third-order valence-corrected chi connectivity index (χ3v) is 1.69. The van der Waals surface area contributed by atoms with Crippen LogP contribution in [0.4, 0.5) is 0 Å². The largest absolute Gasteiger partial charge is 0.480 e. The number of hydrogen-bond acceptors (Lipinski definition) is 4. The average Bonchev–Trinajstić information content (AvgIpc) is 2.16. The fourth-order valence-corrected chi connectivity index (χ4v) is 0.900. The first-order valence-electron chi connectivity index (χ1n) is 4.39. The Balaban J connectivity index is 4.41. The maximum Gasteiger partial charge on any atom is 0.326 e. The molecule has 0 aliphatic rings. The first-order valence-corrected chi connectivity index (χ1v) is 4.39.